The molecule has 0 saturated heterocycles. The maximum absolute atomic E-state index is 9.37. The van der Waals surface area contributed by atoms with Gasteiger partial charge in [-0.1, -0.05) is 50.3 Å². The number of hydrogen-bond acceptors (Lipinski definition) is 4. The molecule has 1 heterocycles. The molecule has 0 spiro atoms. The van der Waals surface area contributed by atoms with Crippen LogP contribution in [-0.4, -0.2) is 21.7 Å². The second-order valence-corrected chi connectivity index (χ2v) is 4.98. The predicted molar refractivity (Wildman–Crippen MR) is 83.0 cm³/mol. The highest BCUT2D eigenvalue weighted by Crippen LogP contribution is 2.18. The van der Waals surface area contributed by atoms with Crippen LogP contribution >= 0.6 is 0 Å². The van der Waals surface area contributed by atoms with Gasteiger partial charge in [-0.25, -0.2) is 9.97 Å². The maximum Gasteiger partial charge on any atom is 0.161 e. The van der Waals surface area contributed by atoms with E-state index in [1.807, 2.05) is 56.3 Å². The zero-order valence-electron chi connectivity index (χ0n) is 12.4. The molecule has 0 fully saturated rings. The monoisotopic (exact) mass is 284 g/mol. The molecule has 21 heavy (non-hydrogen) atoms. The minimum absolute atomic E-state index is 0.153. The van der Waals surface area contributed by atoms with E-state index in [-0.39, 0.29) is 12.5 Å². The van der Waals surface area contributed by atoms with Crippen molar-refractivity contribution in [3.05, 3.63) is 59.7 Å². The van der Waals surface area contributed by atoms with E-state index in [1.54, 1.807) is 6.20 Å². The fourth-order valence-electron chi connectivity index (χ4n) is 1.82. The van der Waals surface area contributed by atoms with Crippen LogP contribution in [0.5, 0.6) is 5.75 Å². The summed E-state index contributed by atoms with van der Waals surface area (Å²) in [7, 11) is 0. The summed E-state index contributed by atoms with van der Waals surface area (Å²) < 4.78 is 5.61. The van der Waals surface area contributed by atoms with Crippen molar-refractivity contribution < 1.29 is 9.84 Å². The van der Waals surface area contributed by atoms with E-state index in [9.17, 15) is 5.11 Å². The Morgan fingerprint density at radius 2 is 2.00 bits per heavy atom. The van der Waals surface area contributed by atoms with Gasteiger partial charge in [-0.3, -0.25) is 0 Å². The van der Waals surface area contributed by atoms with Crippen LogP contribution in [-0.2, 0) is 6.61 Å². The van der Waals surface area contributed by atoms with Gasteiger partial charge in [0.15, 0.2) is 5.75 Å². The van der Waals surface area contributed by atoms with Crippen LogP contribution in [0.3, 0.4) is 0 Å². The number of aliphatic hydroxyl groups is 1. The first-order chi connectivity index (χ1) is 10.2. The molecule has 4 heteroatoms. The summed E-state index contributed by atoms with van der Waals surface area (Å²) in [6.07, 6.45) is 5.54. The largest absolute Gasteiger partial charge is 0.486 e. The molecular weight excluding hydrogens is 264 g/mol. The van der Waals surface area contributed by atoms with E-state index in [4.69, 9.17) is 4.74 Å². The molecule has 0 amide bonds. The van der Waals surface area contributed by atoms with Gasteiger partial charge < -0.3 is 9.84 Å². The highest BCUT2D eigenvalue weighted by atomic mass is 16.5. The average molecular weight is 284 g/mol. The fourth-order valence-corrected chi connectivity index (χ4v) is 1.82. The van der Waals surface area contributed by atoms with Gasteiger partial charge in [0.1, 0.15) is 18.1 Å². The predicted octanol–water partition coefficient (Wildman–Crippen LogP) is 3.18. The minimum atomic E-state index is -0.153. The zero-order valence-corrected chi connectivity index (χ0v) is 12.4. The van der Waals surface area contributed by atoms with Crippen molar-refractivity contribution in [1.82, 2.24) is 9.97 Å². The molecule has 110 valence electrons. The third-order valence-electron chi connectivity index (χ3n) is 2.96. The van der Waals surface area contributed by atoms with Crippen molar-refractivity contribution in [3.8, 4) is 5.75 Å². The number of benzene rings is 1. The van der Waals surface area contributed by atoms with Crippen LogP contribution in [0.4, 0.5) is 0 Å². The molecule has 2 aromatic rings. The molecular formula is C17H20N2O2. The average Bonchev–Trinajstić information content (AvgIpc) is 2.52. The fraction of sp³-hybridized carbons (Fsp3) is 0.294. The van der Waals surface area contributed by atoms with Crippen molar-refractivity contribution in [2.75, 3.05) is 6.61 Å². The Hall–Kier alpha value is -2.20. The molecule has 2 rings (SSSR count). The summed E-state index contributed by atoms with van der Waals surface area (Å²) in [5, 5.41) is 9.37. The quantitative estimate of drug-likeness (QED) is 0.885. The smallest absolute Gasteiger partial charge is 0.161 e. The normalized spacial score (nSPS) is 11.2. The van der Waals surface area contributed by atoms with Gasteiger partial charge in [-0.2, -0.15) is 0 Å². The second-order valence-electron chi connectivity index (χ2n) is 4.98. The topological polar surface area (TPSA) is 55.2 Å². The molecule has 0 bridgehead atoms. The van der Waals surface area contributed by atoms with E-state index in [0.29, 0.717) is 23.9 Å². The van der Waals surface area contributed by atoms with Crippen molar-refractivity contribution in [2.45, 2.75) is 26.4 Å². The standard InChI is InChI=1S/C17H20N2O2/c1-13(2)17-18-11-16(15(12-20)19-17)21-10-6-9-14-7-4-3-5-8-14/h3-9,11,13,20H,10,12H2,1-2H3. The number of hydrogen-bond donors (Lipinski definition) is 1. The van der Waals surface area contributed by atoms with E-state index in [0.717, 1.165) is 5.56 Å². The van der Waals surface area contributed by atoms with Crippen molar-refractivity contribution in [2.24, 2.45) is 0 Å². The summed E-state index contributed by atoms with van der Waals surface area (Å²) >= 11 is 0. The molecule has 1 aromatic carbocycles. The van der Waals surface area contributed by atoms with Crippen LogP contribution in [0.25, 0.3) is 6.08 Å². The van der Waals surface area contributed by atoms with Gasteiger partial charge >= 0.3 is 0 Å². The summed E-state index contributed by atoms with van der Waals surface area (Å²) in [6.45, 7) is 4.28. The summed E-state index contributed by atoms with van der Waals surface area (Å²) in [6, 6.07) is 10.0. The molecule has 0 saturated carbocycles. The first kappa shape index (κ1) is 15.2. The molecule has 0 atom stereocenters. The van der Waals surface area contributed by atoms with Gasteiger partial charge in [0, 0.05) is 5.92 Å². The van der Waals surface area contributed by atoms with Crippen molar-refractivity contribution in [1.29, 1.82) is 0 Å². The lowest BCUT2D eigenvalue weighted by Crippen LogP contribution is -2.05. The van der Waals surface area contributed by atoms with Crippen molar-refractivity contribution in [3.63, 3.8) is 0 Å². The second kappa shape index (κ2) is 7.55. The van der Waals surface area contributed by atoms with Crippen molar-refractivity contribution >= 4 is 6.08 Å². The van der Waals surface area contributed by atoms with Gasteiger partial charge in [0.25, 0.3) is 0 Å². The van der Waals surface area contributed by atoms with E-state index in [1.165, 1.54) is 0 Å². The first-order valence-electron chi connectivity index (χ1n) is 7.01. The van der Waals surface area contributed by atoms with Crippen LogP contribution in [0.15, 0.2) is 42.6 Å². The first-order valence-corrected chi connectivity index (χ1v) is 7.01. The molecule has 1 aromatic heterocycles. The Balaban J connectivity index is 1.98. The maximum atomic E-state index is 9.37. The highest BCUT2D eigenvalue weighted by Gasteiger charge is 2.09. The number of ether oxygens (including phenoxy) is 1. The number of rotatable bonds is 6. The Bertz CT molecular complexity index is 595. The molecule has 0 aliphatic carbocycles. The van der Waals surface area contributed by atoms with E-state index >= 15 is 0 Å². The lowest BCUT2D eigenvalue weighted by molar-refractivity contribution is 0.262. The number of aromatic nitrogens is 2. The molecule has 0 radical (unpaired) electrons. The number of nitrogens with zero attached hydrogens (tertiary/aromatic N) is 2. The van der Waals surface area contributed by atoms with Crippen LogP contribution in [0.2, 0.25) is 0 Å². The Morgan fingerprint density at radius 1 is 1.24 bits per heavy atom. The Kier molecular flexibility index (Phi) is 5.46. The lowest BCUT2D eigenvalue weighted by atomic mass is 10.2. The van der Waals surface area contributed by atoms with Gasteiger partial charge in [0.2, 0.25) is 0 Å². The third kappa shape index (κ3) is 4.39. The molecule has 0 aliphatic heterocycles. The highest BCUT2D eigenvalue weighted by molar-refractivity contribution is 5.48. The van der Waals surface area contributed by atoms with E-state index < -0.39 is 0 Å². The molecule has 4 nitrogen and oxygen atoms in total. The van der Waals surface area contributed by atoms with E-state index in [2.05, 4.69) is 9.97 Å². The Morgan fingerprint density at radius 3 is 2.67 bits per heavy atom. The van der Waals surface area contributed by atoms with Gasteiger partial charge in [-0.05, 0) is 11.6 Å². The zero-order chi connectivity index (χ0) is 15.1. The number of aliphatic hydroxyl groups excluding tert-OH is 1. The summed E-state index contributed by atoms with van der Waals surface area (Å²) in [5.41, 5.74) is 1.65. The summed E-state index contributed by atoms with van der Waals surface area (Å²) in [4.78, 5) is 8.57. The van der Waals surface area contributed by atoms with Crippen LogP contribution < -0.4 is 4.74 Å². The summed E-state index contributed by atoms with van der Waals surface area (Å²) in [5.74, 6) is 1.47. The van der Waals surface area contributed by atoms with Gasteiger partial charge in [-0.15, -0.1) is 0 Å². The SMILES string of the molecule is CC(C)c1ncc(OCC=Cc2ccccc2)c(CO)n1. The molecule has 1 N–H and O–H groups in total. The third-order valence-corrected chi connectivity index (χ3v) is 2.96. The molecule has 0 unspecified atom stereocenters. The lowest BCUT2D eigenvalue weighted by Gasteiger charge is -2.10. The Labute approximate surface area is 125 Å². The molecule has 0 aliphatic rings. The van der Waals surface area contributed by atoms with Crippen LogP contribution in [0, 0.1) is 0 Å². The minimum Gasteiger partial charge on any atom is -0.486 e. The van der Waals surface area contributed by atoms with Crippen LogP contribution in [0.1, 0.15) is 36.8 Å². The van der Waals surface area contributed by atoms with Gasteiger partial charge in [0.05, 0.1) is 12.8 Å².